The van der Waals surface area contributed by atoms with Gasteiger partial charge in [-0.05, 0) is 5.41 Å². The van der Waals surface area contributed by atoms with Crippen LogP contribution in [0.1, 0.15) is 26.6 Å². The highest BCUT2D eigenvalue weighted by Gasteiger charge is 2.38. The van der Waals surface area contributed by atoms with Crippen LogP contribution < -0.4 is 0 Å². The van der Waals surface area contributed by atoms with Crippen molar-refractivity contribution in [2.24, 2.45) is 12.5 Å². The Labute approximate surface area is 120 Å². The molecule has 0 aliphatic carbocycles. The van der Waals surface area contributed by atoms with Crippen LogP contribution in [0.5, 0.6) is 0 Å². The topological polar surface area (TPSA) is 61.6 Å². The molecule has 1 saturated heterocycles. The molecule has 20 heavy (non-hydrogen) atoms. The predicted octanol–water partition coefficient (Wildman–Crippen LogP) is 1.63. The van der Waals surface area contributed by atoms with Crippen molar-refractivity contribution in [2.75, 3.05) is 19.6 Å². The summed E-state index contributed by atoms with van der Waals surface area (Å²) in [4.78, 5) is 19.6. The van der Waals surface area contributed by atoms with Gasteiger partial charge in [-0.1, -0.05) is 20.8 Å². The standard InChI is InChI=1S/C14H24N4O2/c1-14(2,3)11-9-17(7-8-18(11)13(19)20)10-12-15-5-6-16(12)4/h5-6,11H,7-10H2,1-4H3,(H,19,20). The number of carboxylic acid groups (broad SMARTS) is 1. The summed E-state index contributed by atoms with van der Waals surface area (Å²) in [5.74, 6) is 1.02. The van der Waals surface area contributed by atoms with Crippen molar-refractivity contribution in [3.8, 4) is 0 Å². The maximum atomic E-state index is 11.4. The maximum Gasteiger partial charge on any atom is 0.407 e. The van der Waals surface area contributed by atoms with Gasteiger partial charge in [0.05, 0.1) is 12.6 Å². The lowest BCUT2D eigenvalue weighted by molar-refractivity contribution is 0.0179. The minimum atomic E-state index is -0.818. The molecule has 6 nitrogen and oxygen atoms in total. The van der Waals surface area contributed by atoms with Gasteiger partial charge in [0, 0.05) is 39.1 Å². The summed E-state index contributed by atoms with van der Waals surface area (Å²) in [5, 5.41) is 9.35. The van der Waals surface area contributed by atoms with Gasteiger partial charge in [-0.3, -0.25) is 4.90 Å². The molecular formula is C14H24N4O2. The average Bonchev–Trinajstić information content (AvgIpc) is 2.73. The molecule has 0 radical (unpaired) electrons. The molecule has 0 bridgehead atoms. The highest BCUT2D eigenvalue weighted by atomic mass is 16.4. The Kier molecular flexibility index (Phi) is 4.04. The summed E-state index contributed by atoms with van der Waals surface area (Å²) in [7, 11) is 1.98. The highest BCUT2D eigenvalue weighted by Crippen LogP contribution is 2.28. The van der Waals surface area contributed by atoms with Gasteiger partial charge in [-0.15, -0.1) is 0 Å². The van der Waals surface area contributed by atoms with Gasteiger partial charge in [0.25, 0.3) is 0 Å². The zero-order chi connectivity index (χ0) is 14.9. The van der Waals surface area contributed by atoms with Crippen molar-refractivity contribution in [1.29, 1.82) is 0 Å². The average molecular weight is 280 g/mol. The summed E-state index contributed by atoms with van der Waals surface area (Å²) >= 11 is 0. The summed E-state index contributed by atoms with van der Waals surface area (Å²) < 4.78 is 2.01. The van der Waals surface area contributed by atoms with Crippen LogP contribution in [0.15, 0.2) is 12.4 Å². The molecule has 112 valence electrons. The summed E-state index contributed by atoms with van der Waals surface area (Å²) in [5.41, 5.74) is -0.0707. The Morgan fingerprint density at radius 1 is 1.45 bits per heavy atom. The van der Waals surface area contributed by atoms with Crippen LogP contribution in [-0.4, -0.2) is 56.2 Å². The largest absolute Gasteiger partial charge is 0.465 e. The lowest BCUT2D eigenvalue weighted by Crippen LogP contribution is -2.59. The van der Waals surface area contributed by atoms with Crippen LogP contribution in [0.4, 0.5) is 4.79 Å². The SMILES string of the molecule is Cn1ccnc1CN1CCN(C(=O)O)C(C(C)(C)C)C1. The number of hydrogen-bond acceptors (Lipinski definition) is 3. The second-order valence-electron chi connectivity index (χ2n) is 6.55. The van der Waals surface area contributed by atoms with Crippen LogP contribution in [0.2, 0.25) is 0 Å². The first-order valence-electron chi connectivity index (χ1n) is 6.97. The fourth-order valence-electron chi connectivity index (χ4n) is 2.70. The number of aryl methyl sites for hydroxylation is 1. The van der Waals surface area contributed by atoms with Crippen LogP contribution in [0.3, 0.4) is 0 Å². The molecule has 6 heteroatoms. The maximum absolute atomic E-state index is 11.4. The molecule has 1 aliphatic heterocycles. The van der Waals surface area contributed by atoms with Gasteiger partial charge < -0.3 is 14.6 Å². The van der Waals surface area contributed by atoms with E-state index in [-0.39, 0.29) is 11.5 Å². The van der Waals surface area contributed by atoms with Gasteiger partial charge in [-0.2, -0.15) is 0 Å². The van der Waals surface area contributed by atoms with E-state index in [0.29, 0.717) is 6.54 Å². The zero-order valence-electron chi connectivity index (χ0n) is 12.7. The molecule has 1 unspecified atom stereocenters. The summed E-state index contributed by atoms with van der Waals surface area (Å²) in [6, 6.07) is 0.00835. The van der Waals surface area contributed by atoms with Crippen molar-refractivity contribution in [3.05, 3.63) is 18.2 Å². The van der Waals surface area contributed by atoms with Crippen LogP contribution >= 0.6 is 0 Å². The number of piperazine rings is 1. The zero-order valence-corrected chi connectivity index (χ0v) is 12.7. The summed E-state index contributed by atoms with van der Waals surface area (Å²) in [6.07, 6.45) is 2.91. The third-order valence-corrected chi connectivity index (χ3v) is 4.00. The number of aromatic nitrogens is 2. The molecule has 2 rings (SSSR count). The molecule has 1 fully saturated rings. The van der Waals surface area contributed by atoms with E-state index in [4.69, 9.17) is 0 Å². The number of amides is 1. The van der Waals surface area contributed by atoms with E-state index >= 15 is 0 Å². The first kappa shape index (κ1) is 14.8. The third kappa shape index (κ3) is 3.12. The first-order chi connectivity index (χ1) is 9.29. The van der Waals surface area contributed by atoms with E-state index < -0.39 is 6.09 Å². The van der Waals surface area contributed by atoms with Gasteiger partial charge in [0.2, 0.25) is 0 Å². The second kappa shape index (κ2) is 5.44. The minimum Gasteiger partial charge on any atom is -0.465 e. The minimum absolute atomic E-state index is 0.00835. The summed E-state index contributed by atoms with van der Waals surface area (Å²) in [6.45, 7) is 9.12. The number of rotatable bonds is 2. The van der Waals surface area contributed by atoms with Crippen LogP contribution in [0, 0.1) is 5.41 Å². The normalized spacial score (nSPS) is 21.2. The van der Waals surface area contributed by atoms with Crippen LogP contribution in [0.25, 0.3) is 0 Å². The van der Waals surface area contributed by atoms with E-state index in [9.17, 15) is 9.90 Å². The molecule has 0 saturated carbocycles. The van der Waals surface area contributed by atoms with Gasteiger partial charge in [0.15, 0.2) is 0 Å². The van der Waals surface area contributed by atoms with Crippen molar-refractivity contribution < 1.29 is 9.90 Å². The van der Waals surface area contributed by atoms with E-state index in [1.165, 1.54) is 0 Å². The molecule has 0 aromatic carbocycles. The molecule has 1 N–H and O–H groups in total. The Balaban J connectivity index is 2.09. The van der Waals surface area contributed by atoms with Crippen molar-refractivity contribution in [2.45, 2.75) is 33.4 Å². The van der Waals surface area contributed by atoms with E-state index in [0.717, 1.165) is 25.5 Å². The number of carbonyl (C=O) groups is 1. The Hall–Kier alpha value is -1.56. The second-order valence-corrected chi connectivity index (χ2v) is 6.55. The van der Waals surface area contributed by atoms with Crippen molar-refractivity contribution >= 4 is 6.09 Å². The third-order valence-electron chi connectivity index (χ3n) is 4.00. The Morgan fingerprint density at radius 3 is 2.65 bits per heavy atom. The van der Waals surface area contributed by atoms with Gasteiger partial charge in [-0.25, -0.2) is 9.78 Å². The molecule has 0 spiro atoms. The van der Waals surface area contributed by atoms with Crippen molar-refractivity contribution in [3.63, 3.8) is 0 Å². The van der Waals surface area contributed by atoms with Gasteiger partial charge in [0.1, 0.15) is 5.82 Å². The number of hydrogen-bond donors (Lipinski definition) is 1. The van der Waals surface area contributed by atoms with Crippen molar-refractivity contribution in [1.82, 2.24) is 19.4 Å². The molecule has 1 aromatic heterocycles. The quantitative estimate of drug-likeness (QED) is 0.894. The molecule has 1 aromatic rings. The Bertz CT molecular complexity index is 478. The number of nitrogens with zero attached hydrogens (tertiary/aromatic N) is 4. The molecule has 1 aliphatic rings. The fraction of sp³-hybridized carbons (Fsp3) is 0.714. The van der Waals surface area contributed by atoms with E-state index in [2.05, 4.69) is 30.7 Å². The lowest BCUT2D eigenvalue weighted by Gasteiger charge is -2.45. The Morgan fingerprint density at radius 2 is 2.15 bits per heavy atom. The smallest absolute Gasteiger partial charge is 0.407 e. The fourth-order valence-corrected chi connectivity index (χ4v) is 2.70. The highest BCUT2D eigenvalue weighted by molar-refractivity contribution is 5.65. The van der Waals surface area contributed by atoms with E-state index in [1.807, 2.05) is 17.8 Å². The molecular weight excluding hydrogens is 256 g/mol. The van der Waals surface area contributed by atoms with Gasteiger partial charge >= 0.3 is 6.09 Å². The van der Waals surface area contributed by atoms with E-state index in [1.54, 1.807) is 11.1 Å². The predicted molar refractivity (Wildman–Crippen MR) is 76.5 cm³/mol. The first-order valence-corrected chi connectivity index (χ1v) is 6.97. The number of imidazole rings is 1. The van der Waals surface area contributed by atoms with Crippen LogP contribution in [-0.2, 0) is 13.6 Å². The molecule has 1 amide bonds. The lowest BCUT2D eigenvalue weighted by atomic mass is 9.84. The molecule has 2 heterocycles. The monoisotopic (exact) mass is 280 g/mol. The molecule has 1 atom stereocenters.